The molecule has 1 fully saturated rings. The van der Waals surface area contributed by atoms with Crippen LogP contribution in [-0.2, 0) is 6.42 Å². The largest absolute Gasteiger partial charge is 0.271 e. The number of nitrogens with one attached hydrogen (secondary N) is 1. The molecule has 17 heavy (non-hydrogen) atoms. The summed E-state index contributed by atoms with van der Waals surface area (Å²) in [7, 11) is 0. The third-order valence-electron chi connectivity index (χ3n) is 3.86. The van der Waals surface area contributed by atoms with E-state index in [9.17, 15) is 0 Å². The lowest BCUT2D eigenvalue weighted by Crippen LogP contribution is -2.43. The van der Waals surface area contributed by atoms with Crippen LogP contribution in [0.4, 0.5) is 0 Å². The van der Waals surface area contributed by atoms with Gasteiger partial charge in [-0.05, 0) is 58.5 Å². The lowest BCUT2D eigenvalue weighted by molar-refractivity contribution is 0.222. The topological polar surface area (TPSA) is 38.0 Å². The highest BCUT2D eigenvalue weighted by atomic mass is 79.9. The zero-order valence-electron chi connectivity index (χ0n) is 10.3. The van der Waals surface area contributed by atoms with E-state index in [0.29, 0.717) is 6.04 Å². The van der Waals surface area contributed by atoms with Crippen LogP contribution in [0.2, 0.25) is 0 Å². The van der Waals surface area contributed by atoms with Crippen molar-refractivity contribution < 1.29 is 0 Å². The summed E-state index contributed by atoms with van der Waals surface area (Å²) in [6.07, 6.45) is 6.43. The normalized spacial score (nSPS) is 27.0. The second kappa shape index (κ2) is 6.32. The third-order valence-corrected chi connectivity index (χ3v) is 5.81. The number of hydrazine groups is 1. The number of thiophene rings is 1. The molecule has 0 bridgehead atoms. The first-order valence-electron chi connectivity index (χ1n) is 6.38. The Morgan fingerprint density at radius 1 is 1.59 bits per heavy atom. The van der Waals surface area contributed by atoms with E-state index in [-0.39, 0.29) is 0 Å². The molecule has 3 unspecified atom stereocenters. The molecule has 3 N–H and O–H groups in total. The standard InChI is InChI=1S/C13H21BrN2S/c1-9-3-2-4-10(7-9)12(16-15)8-13-11(14)5-6-17-13/h5-6,9-10,12,16H,2-4,7-8,15H2,1H3. The van der Waals surface area contributed by atoms with Crippen molar-refractivity contribution in [3.05, 3.63) is 20.8 Å². The minimum atomic E-state index is 0.424. The van der Waals surface area contributed by atoms with Gasteiger partial charge in [-0.3, -0.25) is 11.3 Å². The van der Waals surface area contributed by atoms with Gasteiger partial charge in [-0.15, -0.1) is 11.3 Å². The van der Waals surface area contributed by atoms with E-state index < -0.39 is 0 Å². The quantitative estimate of drug-likeness (QED) is 0.656. The molecular formula is C13H21BrN2S. The Balaban J connectivity index is 1.98. The zero-order valence-corrected chi connectivity index (χ0v) is 12.7. The van der Waals surface area contributed by atoms with Crippen LogP contribution < -0.4 is 11.3 Å². The molecule has 0 aliphatic heterocycles. The molecule has 0 spiro atoms. The Labute approximate surface area is 116 Å². The highest BCUT2D eigenvalue weighted by Crippen LogP contribution is 2.33. The van der Waals surface area contributed by atoms with Crippen molar-refractivity contribution in [2.45, 2.75) is 45.1 Å². The van der Waals surface area contributed by atoms with Crippen LogP contribution in [0, 0.1) is 11.8 Å². The van der Waals surface area contributed by atoms with Gasteiger partial charge in [0, 0.05) is 15.4 Å². The number of hydrogen-bond donors (Lipinski definition) is 2. The lowest BCUT2D eigenvalue weighted by Gasteiger charge is -2.32. The predicted molar refractivity (Wildman–Crippen MR) is 78.0 cm³/mol. The molecule has 2 rings (SSSR count). The molecular weight excluding hydrogens is 296 g/mol. The van der Waals surface area contributed by atoms with Crippen LogP contribution in [0.25, 0.3) is 0 Å². The minimum absolute atomic E-state index is 0.424. The molecule has 1 saturated carbocycles. The summed E-state index contributed by atoms with van der Waals surface area (Å²) in [6, 6.07) is 2.55. The van der Waals surface area contributed by atoms with E-state index in [4.69, 9.17) is 5.84 Å². The van der Waals surface area contributed by atoms with Crippen molar-refractivity contribution in [1.82, 2.24) is 5.43 Å². The Bertz CT molecular complexity index is 353. The van der Waals surface area contributed by atoms with Gasteiger partial charge in [0.25, 0.3) is 0 Å². The molecule has 0 saturated heterocycles. The average Bonchev–Trinajstić information content (AvgIpc) is 2.71. The molecule has 1 aliphatic rings. The molecule has 0 radical (unpaired) electrons. The molecule has 0 aromatic carbocycles. The second-order valence-corrected chi connectivity index (χ2v) is 7.06. The monoisotopic (exact) mass is 316 g/mol. The number of rotatable bonds is 4. The van der Waals surface area contributed by atoms with Crippen LogP contribution in [0.1, 0.15) is 37.5 Å². The summed E-state index contributed by atoms with van der Waals surface area (Å²) < 4.78 is 1.23. The fourth-order valence-electron chi connectivity index (χ4n) is 2.88. The summed E-state index contributed by atoms with van der Waals surface area (Å²) >= 11 is 5.42. The van der Waals surface area contributed by atoms with E-state index in [1.54, 1.807) is 0 Å². The first kappa shape index (κ1) is 13.5. The van der Waals surface area contributed by atoms with E-state index in [2.05, 4.69) is 39.7 Å². The average molecular weight is 317 g/mol. The SMILES string of the molecule is CC1CCCC(C(Cc2sccc2Br)NN)C1. The molecule has 1 aliphatic carbocycles. The Morgan fingerprint density at radius 3 is 3.00 bits per heavy atom. The van der Waals surface area contributed by atoms with Crippen molar-refractivity contribution in [2.75, 3.05) is 0 Å². The Hall–Kier alpha value is 0.1000. The molecule has 1 heterocycles. The summed E-state index contributed by atoms with van der Waals surface area (Å²) in [6.45, 7) is 2.36. The van der Waals surface area contributed by atoms with Gasteiger partial charge in [0.05, 0.1) is 0 Å². The maximum atomic E-state index is 5.76. The second-order valence-electron chi connectivity index (χ2n) is 5.20. The van der Waals surface area contributed by atoms with Gasteiger partial charge in [-0.25, -0.2) is 0 Å². The summed E-state index contributed by atoms with van der Waals surface area (Å²) in [5.74, 6) is 7.35. The Morgan fingerprint density at radius 2 is 2.41 bits per heavy atom. The predicted octanol–water partition coefficient (Wildman–Crippen LogP) is 3.71. The van der Waals surface area contributed by atoms with Crippen LogP contribution in [0.3, 0.4) is 0 Å². The van der Waals surface area contributed by atoms with E-state index in [1.807, 2.05) is 11.3 Å². The van der Waals surface area contributed by atoms with Gasteiger partial charge in [0.15, 0.2) is 0 Å². The van der Waals surface area contributed by atoms with Crippen LogP contribution >= 0.6 is 27.3 Å². The van der Waals surface area contributed by atoms with Gasteiger partial charge in [-0.1, -0.05) is 19.8 Å². The number of hydrogen-bond acceptors (Lipinski definition) is 3. The zero-order chi connectivity index (χ0) is 12.3. The van der Waals surface area contributed by atoms with E-state index in [0.717, 1.165) is 18.3 Å². The first-order valence-corrected chi connectivity index (χ1v) is 8.06. The fourth-order valence-corrected chi connectivity index (χ4v) is 4.45. The Kier molecular flexibility index (Phi) is 5.03. The molecule has 2 nitrogen and oxygen atoms in total. The molecule has 1 aromatic rings. The van der Waals surface area contributed by atoms with E-state index >= 15 is 0 Å². The minimum Gasteiger partial charge on any atom is -0.271 e. The van der Waals surface area contributed by atoms with Gasteiger partial charge < -0.3 is 0 Å². The van der Waals surface area contributed by atoms with Crippen LogP contribution in [0.15, 0.2) is 15.9 Å². The smallest absolute Gasteiger partial charge is 0.0314 e. The van der Waals surface area contributed by atoms with Crippen LogP contribution in [0.5, 0.6) is 0 Å². The van der Waals surface area contributed by atoms with Crippen molar-refractivity contribution >= 4 is 27.3 Å². The van der Waals surface area contributed by atoms with Crippen molar-refractivity contribution in [2.24, 2.45) is 17.7 Å². The maximum absolute atomic E-state index is 5.76. The fraction of sp³-hybridized carbons (Fsp3) is 0.692. The van der Waals surface area contributed by atoms with Crippen LogP contribution in [-0.4, -0.2) is 6.04 Å². The summed E-state index contributed by atoms with van der Waals surface area (Å²) in [4.78, 5) is 1.41. The molecule has 4 heteroatoms. The number of nitrogens with two attached hydrogens (primary N) is 1. The lowest BCUT2D eigenvalue weighted by atomic mass is 9.78. The molecule has 96 valence electrons. The van der Waals surface area contributed by atoms with Crippen molar-refractivity contribution in [1.29, 1.82) is 0 Å². The van der Waals surface area contributed by atoms with Gasteiger partial charge in [0.1, 0.15) is 0 Å². The van der Waals surface area contributed by atoms with Gasteiger partial charge in [-0.2, -0.15) is 0 Å². The molecule has 0 amide bonds. The van der Waals surface area contributed by atoms with Crippen molar-refractivity contribution in [3.8, 4) is 0 Å². The van der Waals surface area contributed by atoms with Crippen molar-refractivity contribution in [3.63, 3.8) is 0 Å². The molecule has 3 atom stereocenters. The summed E-state index contributed by atoms with van der Waals surface area (Å²) in [5.41, 5.74) is 3.04. The van der Waals surface area contributed by atoms with Gasteiger partial charge >= 0.3 is 0 Å². The van der Waals surface area contributed by atoms with E-state index in [1.165, 1.54) is 35.0 Å². The molecule has 1 aromatic heterocycles. The highest BCUT2D eigenvalue weighted by Gasteiger charge is 2.26. The first-order chi connectivity index (χ1) is 8.20. The maximum Gasteiger partial charge on any atom is 0.0314 e. The third kappa shape index (κ3) is 3.53. The highest BCUT2D eigenvalue weighted by molar-refractivity contribution is 9.10. The number of halogens is 1. The van der Waals surface area contributed by atoms with Gasteiger partial charge in [0.2, 0.25) is 0 Å². The summed E-state index contributed by atoms with van der Waals surface area (Å²) in [5, 5.41) is 2.14.